The third kappa shape index (κ3) is 3.82. The van der Waals surface area contributed by atoms with Gasteiger partial charge in [-0.25, -0.2) is 0 Å². The second-order valence-electron chi connectivity index (χ2n) is 5.57. The number of benzene rings is 1. The van der Waals surface area contributed by atoms with Gasteiger partial charge in [-0.15, -0.1) is 10.2 Å². The van der Waals surface area contributed by atoms with E-state index in [1.807, 2.05) is 49.4 Å². The second-order valence-corrected chi connectivity index (χ2v) is 5.57. The maximum atomic E-state index is 12.5. The minimum atomic E-state index is -0.320. The molecule has 0 aliphatic rings. The molecule has 0 unspecified atom stereocenters. The molecule has 0 spiro atoms. The Bertz CT molecular complexity index is 866. The van der Waals surface area contributed by atoms with Crippen molar-refractivity contribution in [2.75, 3.05) is 7.05 Å². The lowest BCUT2D eigenvalue weighted by Gasteiger charge is -2.14. The van der Waals surface area contributed by atoms with Gasteiger partial charge in [-0.1, -0.05) is 42.5 Å². The topological polar surface area (TPSA) is 87.9 Å². The Kier molecular flexibility index (Phi) is 5.03. The summed E-state index contributed by atoms with van der Waals surface area (Å²) in [5.41, 5.74) is 2.82. The van der Waals surface area contributed by atoms with E-state index in [0.29, 0.717) is 18.9 Å². The van der Waals surface area contributed by atoms with Crippen LogP contribution >= 0.6 is 0 Å². The molecule has 0 aliphatic heterocycles. The van der Waals surface area contributed by atoms with Crippen LogP contribution in [0.1, 0.15) is 29.1 Å². The fourth-order valence-electron chi connectivity index (χ4n) is 2.42. The molecule has 0 atom stereocenters. The number of aromatic nitrogens is 4. The van der Waals surface area contributed by atoms with Crippen molar-refractivity contribution in [3.8, 4) is 11.3 Å². The quantitative estimate of drug-likeness (QED) is 0.699. The number of carbonyl (C=O) groups excluding carboxylic acids is 1. The van der Waals surface area contributed by atoms with Gasteiger partial charge in [0.05, 0.1) is 11.9 Å². The van der Waals surface area contributed by atoms with Crippen LogP contribution in [-0.2, 0) is 13.0 Å². The lowest BCUT2D eigenvalue weighted by Crippen LogP contribution is -2.26. The van der Waals surface area contributed by atoms with Gasteiger partial charge in [0.25, 0.3) is 0 Å². The molecule has 2 aromatic heterocycles. The first kappa shape index (κ1) is 16.6. The van der Waals surface area contributed by atoms with Crippen molar-refractivity contribution < 1.29 is 9.21 Å². The SMILES string of the molecule is CC=CCc1nnc(C(=O)N(C)Cc2cn[nH]c2-c2ccccc2)o1. The number of allylic oxidation sites excluding steroid dienone is 2. The van der Waals surface area contributed by atoms with Crippen molar-refractivity contribution in [3.63, 3.8) is 0 Å². The lowest BCUT2D eigenvalue weighted by molar-refractivity contribution is 0.0744. The van der Waals surface area contributed by atoms with Crippen molar-refractivity contribution in [2.24, 2.45) is 0 Å². The van der Waals surface area contributed by atoms with Gasteiger partial charge >= 0.3 is 11.8 Å². The first-order valence-electron chi connectivity index (χ1n) is 7.95. The summed E-state index contributed by atoms with van der Waals surface area (Å²) in [5, 5.41) is 14.8. The molecule has 2 heterocycles. The average Bonchev–Trinajstić information content (AvgIpc) is 3.29. The smallest absolute Gasteiger partial charge is 0.311 e. The third-order valence-corrected chi connectivity index (χ3v) is 3.71. The molecular formula is C18H19N5O2. The van der Waals surface area contributed by atoms with Crippen LogP contribution in [0.2, 0.25) is 0 Å². The number of rotatable bonds is 6. The summed E-state index contributed by atoms with van der Waals surface area (Å²) < 4.78 is 5.41. The molecule has 7 heteroatoms. The molecule has 0 saturated heterocycles. The van der Waals surface area contributed by atoms with Gasteiger partial charge < -0.3 is 9.32 Å². The van der Waals surface area contributed by atoms with Crippen molar-refractivity contribution in [3.05, 3.63) is 66.0 Å². The van der Waals surface area contributed by atoms with E-state index in [0.717, 1.165) is 16.8 Å². The molecule has 7 nitrogen and oxygen atoms in total. The van der Waals surface area contributed by atoms with Crippen molar-refractivity contribution >= 4 is 5.91 Å². The number of aromatic amines is 1. The van der Waals surface area contributed by atoms with E-state index in [2.05, 4.69) is 20.4 Å². The van der Waals surface area contributed by atoms with Crippen LogP contribution in [0.25, 0.3) is 11.3 Å². The van der Waals surface area contributed by atoms with Gasteiger partial charge in [-0.2, -0.15) is 5.10 Å². The zero-order valence-electron chi connectivity index (χ0n) is 14.1. The Hall–Kier alpha value is -3.22. The second kappa shape index (κ2) is 7.57. The van der Waals surface area contributed by atoms with E-state index in [1.165, 1.54) is 4.90 Å². The normalized spacial score (nSPS) is 11.1. The summed E-state index contributed by atoms with van der Waals surface area (Å²) in [6, 6.07) is 9.85. The summed E-state index contributed by atoms with van der Waals surface area (Å²) in [5.74, 6) is 0.0920. The van der Waals surface area contributed by atoms with Crippen molar-refractivity contribution in [2.45, 2.75) is 19.9 Å². The molecule has 0 radical (unpaired) electrons. The van der Waals surface area contributed by atoms with Gasteiger partial charge in [0.2, 0.25) is 5.89 Å². The molecule has 0 saturated carbocycles. The predicted octanol–water partition coefficient (Wildman–Crippen LogP) is 2.85. The van der Waals surface area contributed by atoms with Crippen LogP contribution in [0.15, 0.2) is 53.1 Å². The summed E-state index contributed by atoms with van der Waals surface area (Å²) in [7, 11) is 1.69. The fourth-order valence-corrected chi connectivity index (χ4v) is 2.42. The summed E-state index contributed by atoms with van der Waals surface area (Å²) in [6.07, 6.45) is 6.02. The molecule has 3 aromatic rings. The first-order chi connectivity index (χ1) is 12.2. The molecule has 1 aromatic carbocycles. The molecule has 1 N–H and O–H groups in total. The third-order valence-electron chi connectivity index (χ3n) is 3.71. The number of amides is 1. The van der Waals surface area contributed by atoms with E-state index in [-0.39, 0.29) is 11.8 Å². The van der Waals surface area contributed by atoms with Gasteiger partial charge in [0, 0.05) is 25.6 Å². The van der Waals surface area contributed by atoms with E-state index < -0.39 is 0 Å². The number of hydrogen-bond acceptors (Lipinski definition) is 5. The highest BCUT2D eigenvalue weighted by atomic mass is 16.4. The molecule has 0 bridgehead atoms. The Labute approximate surface area is 145 Å². The van der Waals surface area contributed by atoms with Gasteiger partial charge in [-0.05, 0) is 12.5 Å². The summed E-state index contributed by atoms with van der Waals surface area (Å²) >= 11 is 0. The van der Waals surface area contributed by atoms with Crippen molar-refractivity contribution in [1.82, 2.24) is 25.3 Å². The highest BCUT2D eigenvalue weighted by molar-refractivity contribution is 5.89. The monoisotopic (exact) mass is 337 g/mol. The highest BCUT2D eigenvalue weighted by Gasteiger charge is 2.20. The molecule has 3 rings (SSSR count). The zero-order chi connectivity index (χ0) is 17.6. The Morgan fingerprint density at radius 3 is 2.84 bits per heavy atom. The number of nitrogens with zero attached hydrogens (tertiary/aromatic N) is 4. The van der Waals surface area contributed by atoms with Gasteiger partial charge in [-0.3, -0.25) is 9.89 Å². The maximum absolute atomic E-state index is 12.5. The highest BCUT2D eigenvalue weighted by Crippen LogP contribution is 2.22. The van der Waals surface area contributed by atoms with Crippen LogP contribution in [0, 0.1) is 0 Å². The molecule has 25 heavy (non-hydrogen) atoms. The van der Waals surface area contributed by atoms with Crippen LogP contribution in [0.4, 0.5) is 0 Å². The van der Waals surface area contributed by atoms with Crippen LogP contribution in [0.3, 0.4) is 0 Å². The Morgan fingerprint density at radius 1 is 1.28 bits per heavy atom. The standard InChI is InChI=1S/C18H19N5O2/c1-3-4-10-15-20-22-17(25-15)18(24)23(2)12-14-11-19-21-16(14)13-8-6-5-7-9-13/h3-9,11H,10,12H2,1-2H3,(H,19,21). The minimum absolute atomic E-state index is 0.00763. The van der Waals surface area contributed by atoms with Gasteiger partial charge in [0.1, 0.15) is 0 Å². The predicted molar refractivity (Wildman–Crippen MR) is 92.6 cm³/mol. The lowest BCUT2D eigenvalue weighted by atomic mass is 10.1. The summed E-state index contributed by atoms with van der Waals surface area (Å²) in [6.45, 7) is 2.29. The maximum Gasteiger partial charge on any atom is 0.311 e. The first-order valence-corrected chi connectivity index (χ1v) is 7.95. The van der Waals surface area contributed by atoms with E-state index in [4.69, 9.17) is 4.42 Å². The average molecular weight is 337 g/mol. The van der Waals surface area contributed by atoms with Crippen LogP contribution in [0.5, 0.6) is 0 Å². The van der Waals surface area contributed by atoms with Crippen molar-refractivity contribution in [1.29, 1.82) is 0 Å². The number of hydrogen-bond donors (Lipinski definition) is 1. The zero-order valence-corrected chi connectivity index (χ0v) is 14.1. The Morgan fingerprint density at radius 2 is 2.08 bits per heavy atom. The van der Waals surface area contributed by atoms with Crippen LogP contribution < -0.4 is 0 Å². The largest absolute Gasteiger partial charge is 0.417 e. The number of nitrogens with one attached hydrogen (secondary N) is 1. The van der Waals surface area contributed by atoms with Crippen LogP contribution in [-0.4, -0.2) is 38.2 Å². The number of H-pyrrole nitrogens is 1. The molecule has 0 fully saturated rings. The Balaban J connectivity index is 1.72. The number of carbonyl (C=O) groups is 1. The van der Waals surface area contributed by atoms with E-state index >= 15 is 0 Å². The molecule has 128 valence electrons. The van der Waals surface area contributed by atoms with Gasteiger partial charge in [0.15, 0.2) is 0 Å². The molecular weight excluding hydrogens is 318 g/mol. The molecule has 0 aliphatic carbocycles. The van der Waals surface area contributed by atoms with E-state index in [1.54, 1.807) is 13.2 Å². The summed E-state index contributed by atoms with van der Waals surface area (Å²) in [4.78, 5) is 14.0. The minimum Gasteiger partial charge on any atom is -0.417 e. The van der Waals surface area contributed by atoms with E-state index in [9.17, 15) is 4.79 Å². The molecule has 1 amide bonds. The fraction of sp³-hybridized carbons (Fsp3) is 0.222.